The molecule has 0 bridgehead atoms. The maximum absolute atomic E-state index is 13.8. The van der Waals surface area contributed by atoms with E-state index in [0.29, 0.717) is 24.0 Å². The largest absolute Gasteiger partial charge is 0.511 e. The number of likely N-dealkylation sites (N-methyl/N-ethyl adjacent to an activating group) is 1. The van der Waals surface area contributed by atoms with Crippen LogP contribution in [0.15, 0.2) is 28.7 Å². The molecule has 0 fully saturated rings. The van der Waals surface area contributed by atoms with Crippen molar-refractivity contribution >= 4 is 17.5 Å². The van der Waals surface area contributed by atoms with Crippen molar-refractivity contribution in [2.24, 2.45) is 29.2 Å². The number of aliphatic hydroxyl groups excluding tert-OH is 2. The highest BCUT2D eigenvalue weighted by atomic mass is 16.3. The van der Waals surface area contributed by atoms with Gasteiger partial charge in [-0.15, -0.1) is 0 Å². The number of aliphatic hydroxyl groups is 2. The first kappa shape index (κ1) is 24.9. The van der Waals surface area contributed by atoms with Gasteiger partial charge in [-0.1, -0.05) is 20.8 Å². The summed E-state index contributed by atoms with van der Waals surface area (Å²) in [5.41, 5.74) is 12.6. The number of nitrogens with two attached hydrogens (primary N) is 2. The molecule has 35 heavy (non-hydrogen) atoms. The van der Waals surface area contributed by atoms with E-state index in [1.54, 1.807) is 19.0 Å². The van der Waals surface area contributed by atoms with E-state index in [9.17, 15) is 29.7 Å². The van der Waals surface area contributed by atoms with E-state index < -0.39 is 63.8 Å². The van der Waals surface area contributed by atoms with Crippen molar-refractivity contribution in [2.75, 3.05) is 14.1 Å². The number of phenolic OH excluding ortho intramolecular Hbond substituents is 1. The van der Waals surface area contributed by atoms with Gasteiger partial charge in [0.2, 0.25) is 0 Å². The molecule has 7 N–H and O–H groups in total. The van der Waals surface area contributed by atoms with Crippen LogP contribution in [0, 0.1) is 17.8 Å². The number of carbonyl (C=O) groups excluding carboxylic acids is 3. The molecule has 9 heteroatoms. The SMILES string of the molecule is CN(C)[C@@H]1C(O)=C(C(N)=O)C(=O)C2C(O)=C3C(=O)c4c(O)c(C(C)(C)C)cc(CN)c4C[C@H]3C[C@H]21. The van der Waals surface area contributed by atoms with Crippen molar-refractivity contribution in [3.8, 4) is 5.75 Å². The molecular formula is C26H33N3O6. The number of phenols is 1. The standard InChI is InChI=1S/C26H33N3O6/c1-26(2,3)14-8-11(9-27)12-6-10-7-13-17(22(32)15(10)21(31)16(12)20(14)30)23(33)18(25(28)35)24(34)19(13)29(4)5/h8,10,13,17,19,30,32,34H,6-7,9,27H2,1-5H3,(H2,28,35)/t10-,13+,17?,19-/m0/s1. The van der Waals surface area contributed by atoms with Crippen LogP contribution in [0.4, 0.5) is 0 Å². The van der Waals surface area contributed by atoms with Crippen LogP contribution in [0.3, 0.4) is 0 Å². The van der Waals surface area contributed by atoms with Crippen molar-refractivity contribution in [2.45, 2.75) is 51.6 Å². The lowest BCUT2D eigenvalue weighted by Gasteiger charge is -2.46. The highest BCUT2D eigenvalue weighted by Gasteiger charge is 2.54. The van der Waals surface area contributed by atoms with Gasteiger partial charge in [-0.2, -0.15) is 0 Å². The number of aromatic hydroxyl groups is 1. The van der Waals surface area contributed by atoms with Gasteiger partial charge in [0.25, 0.3) is 5.91 Å². The number of benzene rings is 1. The molecule has 4 rings (SSSR count). The van der Waals surface area contributed by atoms with Gasteiger partial charge in [0.1, 0.15) is 22.8 Å². The number of hydrogen-bond acceptors (Lipinski definition) is 8. The summed E-state index contributed by atoms with van der Waals surface area (Å²) in [4.78, 5) is 40.8. The van der Waals surface area contributed by atoms with E-state index in [1.807, 2.05) is 26.8 Å². The minimum absolute atomic E-state index is 0.0687. The monoisotopic (exact) mass is 483 g/mol. The molecule has 9 nitrogen and oxygen atoms in total. The quantitative estimate of drug-likeness (QED) is 0.405. The summed E-state index contributed by atoms with van der Waals surface area (Å²) in [5, 5.41) is 33.3. The Morgan fingerprint density at radius 1 is 1.14 bits per heavy atom. The summed E-state index contributed by atoms with van der Waals surface area (Å²) in [6, 6.07) is 1.09. The lowest BCUT2D eigenvalue weighted by molar-refractivity contribution is -0.127. The highest BCUT2D eigenvalue weighted by molar-refractivity contribution is 6.22. The average molecular weight is 484 g/mol. The van der Waals surface area contributed by atoms with Gasteiger partial charge >= 0.3 is 0 Å². The maximum Gasteiger partial charge on any atom is 0.255 e. The number of carbonyl (C=O) groups is 3. The van der Waals surface area contributed by atoms with Crippen molar-refractivity contribution in [3.05, 3.63) is 51.0 Å². The molecule has 1 unspecified atom stereocenters. The molecule has 0 spiro atoms. The Morgan fingerprint density at radius 2 is 1.77 bits per heavy atom. The summed E-state index contributed by atoms with van der Waals surface area (Å²) in [6.45, 7) is 5.92. The fourth-order valence-corrected chi connectivity index (χ4v) is 6.17. The van der Waals surface area contributed by atoms with Gasteiger partial charge in [0, 0.05) is 17.7 Å². The summed E-state index contributed by atoms with van der Waals surface area (Å²) in [6.07, 6.45) is 0.654. The van der Waals surface area contributed by atoms with Gasteiger partial charge in [0.15, 0.2) is 11.6 Å². The fraction of sp³-hybridized carbons (Fsp3) is 0.500. The molecule has 0 heterocycles. The lowest BCUT2D eigenvalue weighted by Crippen LogP contribution is -2.53. The number of primary amides is 1. The molecule has 0 saturated carbocycles. The number of Topliss-reactive ketones (excluding diaryl/α,β-unsaturated/α-hetero) is 2. The number of amides is 1. The average Bonchev–Trinajstić information content (AvgIpc) is 2.71. The molecule has 1 aromatic carbocycles. The second-order valence-corrected chi connectivity index (χ2v) is 11.0. The number of allylic oxidation sites excluding steroid dienone is 2. The third kappa shape index (κ3) is 3.56. The summed E-state index contributed by atoms with van der Waals surface area (Å²) in [7, 11) is 3.39. The van der Waals surface area contributed by atoms with E-state index >= 15 is 0 Å². The van der Waals surface area contributed by atoms with Gasteiger partial charge in [-0.3, -0.25) is 19.3 Å². The molecule has 3 aliphatic carbocycles. The molecular weight excluding hydrogens is 450 g/mol. The van der Waals surface area contributed by atoms with Crippen LogP contribution >= 0.6 is 0 Å². The first-order valence-corrected chi connectivity index (χ1v) is 11.7. The number of fused-ring (bicyclic) bond motifs is 3. The van der Waals surface area contributed by atoms with E-state index in [2.05, 4.69) is 0 Å². The Bertz CT molecular complexity index is 1220. The molecule has 1 aromatic rings. The van der Waals surface area contributed by atoms with Gasteiger partial charge in [0.05, 0.1) is 17.5 Å². The van der Waals surface area contributed by atoms with Crippen LogP contribution in [-0.2, 0) is 28.0 Å². The minimum atomic E-state index is -1.19. The van der Waals surface area contributed by atoms with Gasteiger partial charge in [-0.25, -0.2) is 0 Å². The molecule has 0 aromatic heterocycles. The Kier molecular flexibility index (Phi) is 5.84. The highest BCUT2D eigenvalue weighted by Crippen LogP contribution is 2.51. The number of ketones is 2. The summed E-state index contributed by atoms with van der Waals surface area (Å²) < 4.78 is 0. The van der Waals surface area contributed by atoms with Crippen LogP contribution in [-0.4, -0.2) is 57.8 Å². The number of hydrogen-bond donors (Lipinski definition) is 5. The predicted octanol–water partition coefficient (Wildman–Crippen LogP) is 1.76. The Morgan fingerprint density at radius 3 is 2.29 bits per heavy atom. The van der Waals surface area contributed by atoms with Gasteiger partial charge < -0.3 is 26.8 Å². The molecule has 1 amide bonds. The Balaban J connectivity index is 1.94. The number of rotatable bonds is 3. The second kappa shape index (κ2) is 8.20. The smallest absolute Gasteiger partial charge is 0.255 e. The van der Waals surface area contributed by atoms with Crippen molar-refractivity contribution in [1.29, 1.82) is 0 Å². The van der Waals surface area contributed by atoms with Crippen LogP contribution in [0.25, 0.3) is 0 Å². The van der Waals surface area contributed by atoms with Crippen LogP contribution in [0.1, 0.15) is 54.2 Å². The molecule has 0 saturated heterocycles. The lowest BCUT2D eigenvalue weighted by atomic mass is 9.60. The van der Waals surface area contributed by atoms with E-state index in [0.717, 1.165) is 5.56 Å². The first-order chi connectivity index (χ1) is 16.2. The normalized spacial score (nSPS) is 26.6. The molecule has 188 valence electrons. The molecule has 0 radical (unpaired) electrons. The summed E-state index contributed by atoms with van der Waals surface area (Å²) >= 11 is 0. The van der Waals surface area contributed by atoms with Crippen LogP contribution < -0.4 is 11.5 Å². The molecule has 0 aliphatic heterocycles. The third-order valence-corrected chi connectivity index (χ3v) is 7.69. The van der Waals surface area contributed by atoms with Crippen molar-refractivity contribution in [1.82, 2.24) is 4.90 Å². The zero-order chi connectivity index (χ0) is 26.1. The van der Waals surface area contributed by atoms with Crippen molar-refractivity contribution < 1.29 is 29.7 Å². The molecule has 4 atom stereocenters. The van der Waals surface area contributed by atoms with Crippen LogP contribution in [0.2, 0.25) is 0 Å². The van der Waals surface area contributed by atoms with Crippen LogP contribution in [0.5, 0.6) is 5.75 Å². The first-order valence-electron chi connectivity index (χ1n) is 11.7. The van der Waals surface area contributed by atoms with Crippen molar-refractivity contribution in [3.63, 3.8) is 0 Å². The summed E-state index contributed by atoms with van der Waals surface area (Å²) in [5.74, 6) is -5.62. The Hall–Kier alpha value is -3.17. The zero-order valence-electron chi connectivity index (χ0n) is 20.7. The maximum atomic E-state index is 13.8. The van der Waals surface area contributed by atoms with E-state index in [4.69, 9.17) is 11.5 Å². The topological polar surface area (TPSA) is 167 Å². The Labute approximate surface area is 204 Å². The predicted molar refractivity (Wildman–Crippen MR) is 129 cm³/mol. The van der Waals surface area contributed by atoms with E-state index in [-0.39, 0.29) is 23.4 Å². The third-order valence-electron chi connectivity index (χ3n) is 7.69. The van der Waals surface area contributed by atoms with E-state index in [1.165, 1.54) is 0 Å². The minimum Gasteiger partial charge on any atom is -0.511 e. The van der Waals surface area contributed by atoms with Gasteiger partial charge in [-0.05, 0) is 61.4 Å². The second-order valence-electron chi connectivity index (χ2n) is 11.0. The zero-order valence-corrected chi connectivity index (χ0v) is 20.7. The molecule has 3 aliphatic rings. The number of nitrogens with zero attached hydrogens (tertiary/aromatic N) is 1. The fourth-order valence-electron chi connectivity index (χ4n) is 6.17.